The fourth-order valence-electron chi connectivity index (χ4n) is 3.97. The maximum Gasteiger partial charge on any atom is 0.416 e. The van der Waals surface area contributed by atoms with Gasteiger partial charge in [-0.2, -0.15) is 13.2 Å². The van der Waals surface area contributed by atoms with E-state index in [2.05, 4.69) is 5.32 Å². The Labute approximate surface area is 162 Å². The van der Waals surface area contributed by atoms with Crippen LogP contribution in [0.5, 0.6) is 0 Å². The van der Waals surface area contributed by atoms with Gasteiger partial charge in [-0.3, -0.25) is 4.79 Å². The van der Waals surface area contributed by atoms with Crippen molar-refractivity contribution in [1.29, 1.82) is 0 Å². The predicted octanol–water partition coefficient (Wildman–Crippen LogP) is 4.21. The Hall–Kier alpha value is -2.25. The summed E-state index contributed by atoms with van der Waals surface area (Å²) >= 11 is 0. The summed E-state index contributed by atoms with van der Waals surface area (Å²) in [6.07, 6.45) is -2.72. The van der Waals surface area contributed by atoms with Crippen molar-refractivity contribution < 1.29 is 22.8 Å². The zero-order valence-corrected chi connectivity index (χ0v) is 16.4. The van der Waals surface area contributed by atoms with Gasteiger partial charge in [0.15, 0.2) is 0 Å². The highest BCUT2D eigenvalue weighted by molar-refractivity contribution is 5.89. The molecule has 154 valence electrons. The molecule has 28 heavy (non-hydrogen) atoms. The second-order valence-corrected chi connectivity index (χ2v) is 8.90. The molecule has 2 aliphatic heterocycles. The van der Waals surface area contributed by atoms with Gasteiger partial charge in [0.05, 0.1) is 5.56 Å². The predicted molar refractivity (Wildman–Crippen MR) is 99.7 cm³/mol. The molecule has 3 rings (SSSR count). The zero-order valence-electron chi connectivity index (χ0n) is 16.4. The third-order valence-electron chi connectivity index (χ3n) is 5.56. The molecule has 2 aliphatic rings. The number of anilines is 1. The molecule has 8 heteroatoms. The number of likely N-dealkylation sites (tertiary alicyclic amines) is 2. The molecular formula is C20H26F3N3O2. The van der Waals surface area contributed by atoms with Gasteiger partial charge in [0.2, 0.25) is 5.91 Å². The van der Waals surface area contributed by atoms with E-state index in [0.29, 0.717) is 31.9 Å². The largest absolute Gasteiger partial charge is 0.416 e. The SMILES string of the molecule is CC(C)(C)C(=O)N1CCC2(CCN(C(=O)Nc3ccc(C(F)(F)F)cc3)C2)C1. The van der Waals surface area contributed by atoms with E-state index < -0.39 is 17.2 Å². The number of amides is 3. The molecule has 1 aromatic rings. The lowest BCUT2D eigenvalue weighted by molar-refractivity contribution is -0.139. The van der Waals surface area contributed by atoms with Crippen LogP contribution in [0.2, 0.25) is 0 Å². The van der Waals surface area contributed by atoms with Crippen LogP contribution in [0.4, 0.5) is 23.7 Å². The second kappa shape index (κ2) is 6.97. The molecule has 3 amide bonds. The van der Waals surface area contributed by atoms with E-state index in [-0.39, 0.29) is 17.4 Å². The Balaban J connectivity index is 1.58. The fraction of sp³-hybridized carbons (Fsp3) is 0.600. The summed E-state index contributed by atoms with van der Waals surface area (Å²) in [6, 6.07) is 4.09. The molecule has 0 aromatic heterocycles. The zero-order chi connectivity index (χ0) is 20.7. The monoisotopic (exact) mass is 397 g/mol. The first kappa shape index (κ1) is 20.5. The first-order valence-corrected chi connectivity index (χ1v) is 9.42. The average Bonchev–Trinajstić information content (AvgIpc) is 3.20. The van der Waals surface area contributed by atoms with Crippen molar-refractivity contribution in [3.05, 3.63) is 29.8 Å². The topological polar surface area (TPSA) is 52.7 Å². The van der Waals surface area contributed by atoms with E-state index in [9.17, 15) is 22.8 Å². The minimum absolute atomic E-state index is 0.0849. The highest BCUT2D eigenvalue weighted by Crippen LogP contribution is 2.41. The van der Waals surface area contributed by atoms with Crippen LogP contribution >= 0.6 is 0 Å². The van der Waals surface area contributed by atoms with Crippen LogP contribution in [0.15, 0.2) is 24.3 Å². The van der Waals surface area contributed by atoms with Gasteiger partial charge in [-0.05, 0) is 37.1 Å². The van der Waals surface area contributed by atoms with Crippen LogP contribution in [-0.2, 0) is 11.0 Å². The van der Waals surface area contributed by atoms with Crippen LogP contribution in [0.25, 0.3) is 0 Å². The van der Waals surface area contributed by atoms with Crippen molar-refractivity contribution in [2.24, 2.45) is 10.8 Å². The quantitative estimate of drug-likeness (QED) is 0.772. The number of alkyl halides is 3. The normalized spacial score (nSPS) is 22.8. The summed E-state index contributed by atoms with van der Waals surface area (Å²) in [4.78, 5) is 28.6. The van der Waals surface area contributed by atoms with Crippen LogP contribution in [0, 0.1) is 10.8 Å². The molecule has 0 saturated carbocycles. The Kier molecular flexibility index (Phi) is 5.10. The number of rotatable bonds is 1. The summed E-state index contributed by atoms with van der Waals surface area (Å²) in [5, 5.41) is 2.67. The molecule has 5 nitrogen and oxygen atoms in total. The number of urea groups is 1. The number of halogens is 3. The lowest BCUT2D eigenvalue weighted by Gasteiger charge is -2.28. The average molecular weight is 397 g/mol. The Morgan fingerprint density at radius 2 is 1.50 bits per heavy atom. The molecule has 1 aromatic carbocycles. The molecule has 2 heterocycles. The number of benzene rings is 1. The number of carbonyl (C=O) groups is 2. The smallest absolute Gasteiger partial charge is 0.342 e. The van der Waals surface area contributed by atoms with Gasteiger partial charge in [-0.15, -0.1) is 0 Å². The summed E-state index contributed by atoms with van der Waals surface area (Å²) in [7, 11) is 0. The third kappa shape index (κ3) is 4.25. The summed E-state index contributed by atoms with van der Waals surface area (Å²) in [5.74, 6) is 0.122. The first-order chi connectivity index (χ1) is 12.9. The van der Waals surface area contributed by atoms with Crippen molar-refractivity contribution in [1.82, 2.24) is 9.80 Å². The summed E-state index contributed by atoms with van der Waals surface area (Å²) < 4.78 is 37.9. The minimum Gasteiger partial charge on any atom is -0.342 e. The van der Waals surface area contributed by atoms with Gasteiger partial charge in [0, 0.05) is 42.7 Å². The number of nitrogens with zero attached hydrogens (tertiary/aromatic N) is 2. The van der Waals surface area contributed by atoms with Gasteiger partial charge in [-0.25, -0.2) is 4.79 Å². The van der Waals surface area contributed by atoms with Gasteiger partial charge < -0.3 is 15.1 Å². The van der Waals surface area contributed by atoms with E-state index in [4.69, 9.17) is 0 Å². The minimum atomic E-state index is -4.40. The molecule has 2 fully saturated rings. The summed E-state index contributed by atoms with van der Waals surface area (Å²) in [5.41, 5.74) is -0.933. The molecular weight excluding hydrogens is 371 g/mol. The maximum absolute atomic E-state index is 12.6. The van der Waals surface area contributed by atoms with Crippen LogP contribution < -0.4 is 5.32 Å². The van der Waals surface area contributed by atoms with Crippen LogP contribution in [0.1, 0.15) is 39.2 Å². The standard InChI is InChI=1S/C20H26F3N3O2/c1-18(2,3)16(27)25-10-8-19(12-25)9-11-26(13-19)17(28)24-15-6-4-14(5-7-15)20(21,22)23/h4-7H,8-13H2,1-3H3,(H,24,28). The Morgan fingerprint density at radius 1 is 0.964 bits per heavy atom. The second-order valence-electron chi connectivity index (χ2n) is 8.90. The molecule has 1 unspecified atom stereocenters. The molecule has 1 N–H and O–H groups in total. The van der Waals surface area contributed by atoms with Gasteiger partial charge in [0.1, 0.15) is 0 Å². The van der Waals surface area contributed by atoms with Gasteiger partial charge in [0.25, 0.3) is 0 Å². The lowest BCUT2D eigenvalue weighted by atomic mass is 9.86. The highest BCUT2D eigenvalue weighted by Gasteiger charge is 2.47. The number of hydrogen-bond acceptors (Lipinski definition) is 2. The van der Waals surface area contributed by atoms with Gasteiger partial charge >= 0.3 is 12.2 Å². The van der Waals surface area contributed by atoms with E-state index in [0.717, 1.165) is 25.0 Å². The van der Waals surface area contributed by atoms with Crippen molar-refractivity contribution in [3.63, 3.8) is 0 Å². The van der Waals surface area contributed by atoms with Crippen molar-refractivity contribution in [2.45, 2.75) is 39.8 Å². The van der Waals surface area contributed by atoms with Crippen molar-refractivity contribution >= 4 is 17.6 Å². The van der Waals surface area contributed by atoms with E-state index in [1.807, 2.05) is 25.7 Å². The molecule has 0 radical (unpaired) electrons. The first-order valence-electron chi connectivity index (χ1n) is 9.42. The van der Waals surface area contributed by atoms with E-state index >= 15 is 0 Å². The Morgan fingerprint density at radius 3 is 2.04 bits per heavy atom. The lowest BCUT2D eigenvalue weighted by Crippen LogP contribution is -2.40. The number of carbonyl (C=O) groups excluding carboxylic acids is 2. The van der Waals surface area contributed by atoms with Crippen molar-refractivity contribution in [2.75, 3.05) is 31.5 Å². The fourth-order valence-corrected chi connectivity index (χ4v) is 3.97. The Bertz CT molecular complexity index is 755. The van der Waals surface area contributed by atoms with E-state index in [1.165, 1.54) is 12.1 Å². The maximum atomic E-state index is 12.6. The number of hydrogen-bond donors (Lipinski definition) is 1. The highest BCUT2D eigenvalue weighted by atomic mass is 19.4. The third-order valence-corrected chi connectivity index (χ3v) is 5.56. The van der Waals surface area contributed by atoms with Crippen LogP contribution in [-0.4, -0.2) is 47.9 Å². The molecule has 2 saturated heterocycles. The van der Waals surface area contributed by atoms with E-state index in [1.54, 1.807) is 4.90 Å². The molecule has 1 atom stereocenters. The van der Waals surface area contributed by atoms with Crippen molar-refractivity contribution in [3.8, 4) is 0 Å². The van der Waals surface area contributed by atoms with Gasteiger partial charge in [-0.1, -0.05) is 20.8 Å². The molecule has 0 bridgehead atoms. The van der Waals surface area contributed by atoms with Crippen LogP contribution in [0.3, 0.4) is 0 Å². The summed E-state index contributed by atoms with van der Waals surface area (Å²) in [6.45, 7) is 8.17. The number of nitrogens with one attached hydrogen (secondary N) is 1. The molecule has 1 spiro atoms. The molecule has 0 aliphatic carbocycles.